The van der Waals surface area contributed by atoms with Crippen molar-refractivity contribution < 1.29 is 4.39 Å². The van der Waals surface area contributed by atoms with E-state index >= 15 is 0 Å². The summed E-state index contributed by atoms with van der Waals surface area (Å²) in [6, 6.07) is 8.71. The van der Waals surface area contributed by atoms with Gasteiger partial charge in [-0.25, -0.2) is 4.39 Å². The van der Waals surface area contributed by atoms with Crippen molar-refractivity contribution in [2.24, 2.45) is 0 Å². The molecule has 4 rings (SSSR count). The summed E-state index contributed by atoms with van der Waals surface area (Å²) in [4.78, 5) is 1.36. The molecule has 2 nitrogen and oxygen atoms in total. The number of H-pyrrole nitrogens is 1. The topological polar surface area (TPSA) is 28.7 Å². The minimum absolute atomic E-state index is 0.225. The molecule has 1 aromatic carbocycles. The Bertz CT molecular complexity index is 742. The maximum atomic E-state index is 13.3. The van der Waals surface area contributed by atoms with Crippen LogP contribution in [0.2, 0.25) is 0 Å². The molecule has 0 spiro atoms. The van der Waals surface area contributed by atoms with E-state index in [1.54, 1.807) is 17.4 Å². The van der Waals surface area contributed by atoms with Crippen molar-refractivity contribution in [3.8, 4) is 22.5 Å². The number of halogens is 1. The van der Waals surface area contributed by atoms with E-state index < -0.39 is 0 Å². The van der Waals surface area contributed by atoms with Gasteiger partial charge in [-0.3, -0.25) is 5.10 Å². The van der Waals surface area contributed by atoms with Gasteiger partial charge in [-0.15, -0.1) is 11.3 Å². The minimum Gasteiger partial charge on any atom is -0.277 e. The van der Waals surface area contributed by atoms with E-state index in [1.165, 1.54) is 28.1 Å². The van der Waals surface area contributed by atoms with Gasteiger partial charge >= 0.3 is 0 Å². The second kappa shape index (κ2) is 3.53. The Morgan fingerprint density at radius 2 is 2.22 bits per heavy atom. The molecule has 0 amide bonds. The van der Waals surface area contributed by atoms with Crippen LogP contribution in [-0.2, 0) is 6.42 Å². The van der Waals surface area contributed by atoms with Gasteiger partial charge in [0, 0.05) is 28.0 Å². The van der Waals surface area contributed by atoms with Crippen LogP contribution in [0.4, 0.5) is 4.39 Å². The standard InChI is InChI=1S/C14H9FN2S/c15-9-3-1-2-8(6-9)13-11-7-12-10(4-5-18-12)14(11)17-16-13/h1-6H,7H2,(H,16,17). The molecule has 0 bridgehead atoms. The minimum atomic E-state index is -0.225. The van der Waals surface area contributed by atoms with Gasteiger partial charge in [0.15, 0.2) is 0 Å². The number of nitrogens with one attached hydrogen (secondary N) is 1. The third kappa shape index (κ3) is 1.29. The number of rotatable bonds is 1. The molecule has 0 fully saturated rings. The predicted octanol–water partition coefficient (Wildman–Crippen LogP) is 3.85. The Hall–Kier alpha value is -1.94. The maximum absolute atomic E-state index is 13.3. The summed E-state index contributed by atoms with van der Waals surface area (Å²) in [7, 11) is 0. The molecule has 4 heteroatoms. The lowest BCUT2D eigenvalue weighted by molar-refractivity contribution is 0.628. The van der Waals surface area contributed by atoms with Crippen LogP contribution in [0.15, 0.2) is 35.7 Å². The average molecular weight is 256 g/mol. The Morgan fingerprint density at radius 1 is 1.28 bits per heavy atom. The summed E-state index contributed by atoms with van der Waals surface area (Å²) in [6.45, 7) is 0. The number of thiophene rings is 1. The Balaban J connectivity index is 1.90. The van der Waals surface area contributed by atoms with Gasteiger partial charge in [0.05, 0.1) is 11.4 Å². The molecule has 0 unspecified atom stereocenters. The number of hydrogen-bond donors (Lipinski definition) is 1. The number of nitrogens with zero attached hydrogens (tertiary/aromatic N) is 1. The molecular weight excluding hydrogens is 247 g/mol. The summed E-state index contributed by atoms with van der Waals surface area (Å²) in [5.74, 6) is -0.225. The molecule has 18 heavy (non-hydrogen) atoms. The lowest BCUT2D eigenvalue weighted by Gasteiger charge is -1.99. The Morgan fingerprint density at radius 3 is 3.11 bits per heavy atom. The molecule has 2 heterocycles. The maximum Gasteiger partial charge on any atom is 0.123 e. The highest BCUT2D eigenvalue weighted by Gasteiger charge is 2.25. The first-order valence-corrected chi connectivity index (χ1v) is 6.61. The molecular formula is C14H9FN2S. The van der Waals surface area contributed by atoms with Gasteiger partial charge in [0.2, 0.25) is 0 Å². The monoisotopic (exact) mass is 256 g/mol. The normalized spacial score (nSPS) is 12.5. The van der Waals surface area contributed by atoms with Gasteiger partial charge in [0.25, 0.3) is 0 Å². The van der Waals surface area contributed by atoms with Crippen molar-refractivity contribution in [3.05, 3.63) is 52.0 Å². The molecule has 88 valence electrons. The lowest BCUT2D eigenvalue weighted by atomic mass is 10.1. The van der Waals surface area contributed by atoms with Crippen molar-refractivity contribution in [1.82, 2.24) is 10.2 Å². The third-order valence-corrected chi connectivity index (χ3v) is 4.24. The highest BCUT2D eigenvalue weighted by atomic mass is 32.1. The highest BCUT2D eigenvalue weighted by Crippen LogP contribution is 2.42. The van der Waals surface area contributed by atoms with Gasteiger partial charge in [-0.1, -0.05) is 12.1 Å². The van der Waals surface area contributed by atoms with E-state index in [0.29, 0.717) is 0 Å². The smallest absolute Gasteiger partial charge is 0.123 e. The quantitative estimate of drug-likeness (QED) is 0.550. The molecule has 0 atom stereocenters. The number of aromatic amines is 1. The van der Waals surface area contributed by atoms with Crippen LogP contribution in [0.3, 0.4) is 0 Å². The zero-order valence-corrected chi connectivity index (χ0v) is 10.2. The molecule has 0 saturated carbocycles. The SMILES string of the molecule is Fc1cccc(-c2n[nH]c3c2Cc2sccc2-3)c1. The first-order valence-electron chi connectivity index (χ1n) is 5.73. The van der Waals surface area contributed by atoms with Crippen molar-refractivity contribution in [1.29, 1.82) is 0 Å². The van der Waals surface area contributed by atoms with Gasteiger partial charge in [-0.05, 0) is 23.6 Å². The summed E-state index contributed by atoms with van der Waals surface area (Å²) in [5.41, 5.74) is 5.22. The van der Waals surface area contributed by atoms with Crippen molar-refractivity contribution >= 4 is 11.3 Å². The highest BCUT2D eigenvalue weighted by molar-refractivity contribution is 7.10. The van der Waals surface area contributed by atoms with E-state index in [0.717, 1.165) is 23.4 Å². The molecule has 0 aliphatic heterocycles. The first kappa shape index (κ1) is 10.0. The van der Waals surface area contributed by atoms with Crippen LogP contribution in [0.5, 0.6) is 0 Å². The fourth-order valence-corrected chi connectivity index (χ4v) is 3.39. The van der Waals surface area contributed by atoms with Crippen molar-refractivity contribution in [3.63, 3.8) is 0 Å². The molecule has 1 N–H and O–H groups in total. The van der Waals surface area contributed by atoms with E-state index in [4.69, 9.17) is 0 Å². The van der Waals surface area contributed by atoms with Crippen LogP contribution in [0.25, 0.3) is 22.5 Å². The van der Waals surface area contributed by atoms with Crippen molar-refractivity contribution in [2.45, 2.75) is 6.42 Å². The van der Waals surface area contributed by atoms with Crippen LogP contribution < -0.4 is 0 Å². The van der Waals surface area contributed by atoms with Gasteiger partial charge in [-0.2, -0.15) is 5.10 Å². The van der Waals surface area contributed by atoms with Crippen LogP contribution >= 0.6 is 11.3 Å². The van der Waals surface area contributed by atoms with E-state index in [9.17, 15) is 4.39 Å². The van der Waals surface area contributed by atoms with E-state index in [1.807, 2.05) is 6.07 Å². The number of fused-ring (bicyclic) bond motifs is 3. The lowest BCUT2D eigenvalue weighted by Crippen LogP contribution is -1.86. The molecule has 0 radical (unpaired) electrons. The fraction of sp³-hybridized carbons (Fsp3) is 0.0714. The molecule has 1 aliphatic carbocycles. The summed E-state index contributed by atoms with van der Waals surface area (Å²) in [6.07, 6.45) is 0.894. The molecule has 3 aromatic rings. The average Bonchev–Trinajstić information content (AvgIpc) is 2.99. The number of hydrogen-bond acceptors (Lipinski definition) is 2. The van der Waals surface area contributed by atoms with Crippen LogP contribution in [0.1, 0.15) is 10.4 Å². The van der Waals surface area contributed by atoms with Crippen molar-refractivity contribution in [2.75, 3.05) is 0 Å². The molecule has 1 aliphatic rings. The second-order valence-corrected chi connectivity index (χ2v) is 5.37. The largest absolute Gasteiger partial charge is 0.277 e. The first-order chi connectivity index (χ1) is 8.83. The number of aromatic nitrogens is 2. The zero-order chi connectivity index (χ0) is 12.1. The predicted molar refractivity (Wildman–Crippen MR) is 70.1 cm³/mol. The van der Waals surface area contributed by atoms with Gasteiger partial charge < -0.3 is 0 Å². The third-order valence-electron chi connectivity index (χ3n) is 3.32. The Kier molecular flexibility index (Phi) is 1.96. The summed E-state index contributed by atoms with van der Waals surface area (Å²) >= 11 is 1.76. The van der Waals surface area contributed by atoms with E-state index in [2.05, 4.69) is 21.6 Å². The summed E-state index contributed by atoms with van der Waals surface area (Å²) in [5, 5.41) is 9.51. The fourth-order valence-electron chi connectivity index (χ4n) is 2.50. The Labute approximate surface area is 107 Å². The van der Waals surface area contributed by atoms with Gasteiger partial charge in [0.1, 0.15) is 5.82 Å². The molecule has 2 aromatic heterocycles. The van der Waals surface area contributed by atoms with Crippen LogP contribution in [-0.4, -0.2) is 10.2 Å². The van der Waals surface area contributed by atoms with E-state index in [-0.39, 0.29) is 5.82 Å². The zero-order valence-electron chi connectivity index (χ0n) is 9.40. The number of benzene rings is 1. The van der Waals surface area contributed by atoms with Crippen LogP contribution in [0, 0.1) is 5.82 Å². The second-order valence-electron chi connectivity index (χ2n) is 4.37. The molecule has 0 saturated heterocycles. The summed E-state index contributed by atoms with van der Waals surface area (Å²) < 4.78 is 13.3.